The molecule has 0 spiro atoms. The minimum Gasteiger partial charge on any atom is -0.384 e. The lowest BCUT2D eigenvalue weighted by atomic mass is 10.0. The van der Waals surface area contributed by atoms with E-state index >= 15 is 0 Å². The molecule has 0 unspecified atom stereocenters. The van der Waals surface area contributed by atoms with E-state index in [-0.39, 0.29) is 0 Å². The molecule has 0 saturated carbocycles. The van der Waals surface area contributed by atoms with E-state index in [9.17, 15) is 5.11 Å². The highest BCUT2D eigenvalue weighted by Gasteiger charge is 2.09. The van der Waals surface area contributed by atoms with Crippen LogP contribution in [0, 0.1) is 0 Å². The molecule has 0 amide bonds. The second-order valence-corrected chi connectivity index (χ2v) is 6.12. The molecule has 0 radical (unpaired) electrons. The first kappa shape index (κ1) is 15.4. The molecule has 122 valence electrons. The number of aliphatic hydroxyl groups excluding tert-OH is 1. The van der Waals surface area contributed by atoms with Gasteiger partial charge in [-0.25, -0.2) is 0 Å². The van der Waals surface area contributed by atoms with Gasteiger partial charge in [0, 0.05) is 11.4 Å². The van der Waals surface area contributed by atoms with Crippen molar-refractivity contribution >= 4 is 22.1 Å². The summed E-state index contributed by atoms with van der Waals surface area (Å²) in [5.41, 5.74) is 3.84. The van der Waals surface area contributed by atoms with Gasteiger partial charge in [0.1, 0.15) is 6.10 Å². The number of rotatable bonds is 4. The van der Waals surface area contributed by atoms with Gasteiger partial charge in [-0.2, -0.15) is 0 Å². The van der Waals surface area contributed by atoms with E-state index in [0.717, 1.165) is 22.5 Å². The second kappa shape index (κ2) is 6.80. The zero-order chi connectivity index (χ0) is 17.1. The summed E-state index contributed by atoms with van der Waals surface area (Å²) in [5.74, 6) is 0. The van der Waals surface area contributed by atoms with Crippen molar-refractivity contribution in [3.63, 3.8) is 0 Å². The normalized spacial score (nSPS) is 12.0. The van der Waals surface area contributed by atoms with Crippen molar-refractivity contribution in [3.05, 3.63) is 108 Å². The molecule has 2 nitrogen and oxygen atoms in total. The molecule has 0 aromatic heterocycles. The number of aliphatic hydroxyl groups is 1. The quantitative estimate of drug-likeness (QED) is 0.507. The third kappa shape index (κ3) is 3.39. The van der Waals surface area contributed by atoms with Gasteiger partial charge in [-0.3, -0.25) is 0 Å². The topological polar surface area (TPSA) is 32.3 Å². The molecule has 4 aromatic carbocycles. The van der Waals surface area contributed by atoms with Crippen molar-refractivity contribution < 1.29 is 5.11 Å². The molecule has 0 aliphatic heterocycles. The molecule has 4 aromatic rings. The Morgan fingerprint density at radius 3 is 1.92 bits per heavy atom. The van der Waals surface area contributed by atoms with E-state index in [1.54, 1.807) is 0 Å². The fourth-order valence-electron chi connectivity index (χ4n) is 3.01. The highest BCUT2D eigenvalue weighted by Crippen LogP contribution is 2.25. The average molecular weight is 325 g/mol. The van der Waals surface area contributed by atoms with Crippen molar-refractivity contribution in [2.75, 3.05) is 5.32 Å². The maximum Gasteiger partial charge on any atom is 0.104 e. The Morgan fingerprint density at radius 2 is 1.16 bits per heavy atom. The first-order chi connectivity index (χ1) is 12.3. The molecule has 0 saturated heterocycles. The lowest BCUT2D eigenvalue weighted by molar-refractivity contribution is 0.220. The molecule has 2 N–H and O–H groups in total. The van der Waals surface area contributed by atoms with Crippen LogP contribution in [0.25, 0.3) is 10.8 Å². The SMILES string of the molecule is O[C@H](c1ccccc1)c1ccc(Nc2ccc3ccccc3c2)cc1. The molecule has 0 bridgehead atoms. The van der Waals surface area contributed by atoms with Gasteiger partial charge in [-0.15, -0.1) is 0 Å². The van der Waals surface area contributed by atoms with Crippen LogP contribution >= 0.6 is 0 Å². The van der Waals surface area contributed by atoms with Crippen LogP contribution < -0.4 is 5.32 Å². The number of hydrogen-bond donors (Lipinski definition) is 2. The van der Waals surface area contributed by atoms with E-state index in [2.05, 4.69) is 35.6 Å². The van der Waals surface area contributed by atoms with Crippen molar-refractivity contribution in [2.24, 2.45) is 0 Å². The van der Waals surface area contributed by atoms with Crippen LogP contribution in [0.5, 0.6) is 0 Å². The first-order valence-corrected chi connectivity index (χ1v) is 8.38. The summed E-state index contributed by atoms with van der Waals surface area (Å²) >= 11 is 0. The van der Waals surface area contributed by atoms with Gasteiger partial charge >= 0.3 is 0 Å². The Morgan fingerprint density at radius 1 is 0.560 bits per heavy atom. The van der Waals surface area contributed by atoms with Gasteiger partial charge in [-0.05, 0) is 46.2 Å². The molecule has 4 rings (SSSR count). The molecular weight excluding hydrogens is 306 g/mol. The molecule has 0 fully saturated rings. The number of nitrogens with one attached hydrogen (secondary N) is 1. The lowest BCUT2D eigenvalue weighted by Crippen LogP contribution is -1.99. The van der Waals surface area contributed by atoms with Gasteiger partial charge in [0.25, 0.3) is 0 Å². The van der Waals surface area contributed by atoms with Crippen LogP contribution in [0.4, 0.5) is 11.4 Å². The molecule has 0 heterocycles. The number of hydrogen-bond acceptors (Lipinski definition) is 2. The highest BCUT2D eigenvalue weighted by atomic mass is 16.3. The van der Waals surface area contributed by atoms with Crippen LogP contribution in [0.1, 0.15) is 17.2 Å². The smallest absolute Gasteiger partial charge is 0.104 e. The van der Waals surface area contributed by atoms with E-state index in [1.165, 1.54) is 10.8 Å². The van der Waals surface area contributed by atoms with Crippen LogP contribution in [-0.2, 0) is 0 Å². The predicted octanol–water partition coefficient (Wildman–Crippen LogP) is 5.67. The summed E-state index contributed by atoms with van der Waals surface area (Å²) in [7, 11) is 0. The maximum atomic E-state index is 10.5. The average Bonchev–Trinajstić information content (AvgIpc) is 2.69. The Bertz CT molecular complexity index is 978. The van der Waals surface area contributed by atoms with Gasteiger partial charge in [0.15, 0.2) is 0 Å². The number of anilines is 2. The molecule has 0 aliphatic carbocycles. The minimum atomic E-state index is -0.601. The minimum absolute atomic E-state index is 0.601. The van der Waals surface area contributed by atoms with Crippen molar-refractivity contribution in [2.45, 2.75) is 6.10 Å². The summed E-state index contributed by atoms with van der Waals surface area (Å²) in [6.07, 6.45) is -0.601. The number of fused-ring (bicyclic) bond motifs is 1. The van der Waals surface area contributed by atoms with E-state index in [4.69, 9.17) is 0 Å². The first-order valence-electron chi connectivity index (χ1n) is 8.38. The lowest BCUT2D eigenvalue weighted by Gasteiger charge is -2.13. The van der Waals surface area contributed by atoms with Crippen molar-refractivity contribution in [1.82, 2.24) is 0 Å². The third-order valence-corrected chi connectivity index (χ3v) is 4.38. The Balaban J connectivity index is 1.53. The fraction of sp³-hybridized carbons (Fsp3) is 0.0435. The van der Waals surface area contributed by atoms with Gasteiger partial charge in [0.2, 0.25) is 0 Å². The zero-order valence-corrected chi connectivity index (χ0v) is 13.8. The second-order valence-electron chi connectivity index (χ2n) is 6.12. The Hall–Kier alpha value is -3.10. The predicted molar refractivity (Wildman–Crippen MR) is 104 cm³/mol. The molecule has 2 heteroatoms. The van der Waals surface area contributed by atoms with Gasteiger partial charge in [0.05, 0.1) is 0 Å². The van der Waals surface area contributed by atoms with Crippen LogP contribution in [0.15, 0.2) is 97.1 Å². The number of benzene rings is 4. The largest absolute Gasteiger partial charge is 0.384 e. The summed E-state index contributed by atoms with van der Waals surface area (Å²) in [6.45, 7) is 0. The third-order valence-electron chi connectivity index (χ3n) is 4.38. The van der Waals surface area contributed by atoms with Crippen molar-refractivity contribution in [3.8, 4) is 0 Å². The van der Waals surface area contributed by atoms with Gasteiger partial charge < -0.3 is 10.4 Å². The maximum absolute atomic E-state index is 10.5. The van der Waals surface area contributed by atoms with Crippen LogP contribution in [0.3, 0.4) is 0 Å². The summed E-state index contributed by atoms with van der Waals surface area (Å²) < 4.78 is 0. The van der Waals surface area contributed by atoms with Gasteiger partial charge in [-0.1, -0.05) is 72.8 Å². The molecule has 0 aliphatic rings. The molecule has 1 atom stereocenters. The molecule has 25 heavy (non-hydrogen) atoms. The standard InChI is InChI=1S/C23H19NO/c25-23(18-7-2-1-3-8-18)19-11-13-21(14-12-19)24-22-15-10-17-6-4-5-9-20(17)16-22/h1-16,23-25H/t23-/m1/s1. The summed E-state index contributed by atoms with van der Waals surface area (Å²) in [4.78, 5) is 0. The monoisotopic (exact) mass is 325 g/mol. The van der Waals surface area contributed by atoms with E-state index < -0.39 is 6.10 Å². The van der Waals surface area contributed by atoms with Crippen LogP contribution in [-0.4, -0.2) is 5.11 Å². The zero-order valence-electron chi connectivity index (χ0n) is 13.8. The summed E-state index contributed by atoms with van der Waals surface area (Å²) in [5, 5.41) is 16.3. The van der Waals surface area contributed by atoms with E-state index in [1.807, 2.05) is 66.7 Å². The van der Waals surface area contributed by atoms with E-state index in [0.29, 0.717) is 0 Å². The van der Waals surface area contributed by atoms with Crippen LogP contribution in [0.2, 0.25) is 0 Å². The Kier molecular flexibility index (Phi) is 4.19. The Labute approximate surface area is 147 Å². The summed E-state index contributed by atoms with van der Waals surface area (Å²) in [6, 6.07) is 32.3. The highest BCUT2D eigenvalue weighted by molar-refractivity contribution is 5.86. The van der Waals surface area contributed by atoms with Crippen molar-refractivity contribution in [1.29, 1.82) is 0 Å². The molecular formula is C23H19NO. The fourth-order valence-corrected chi connectivity index (χ4v) is 3.01.